The lowest BCUT2D eigenvalue weighted by atomic mass is 10.1. The van der Waals surface area contributed by atoms with E-state index < -0.39 is 32.5 Å². The lowest BCUT2D eigenvalue weighted by molar-refractivity contribution is -0.161. The van der Waals surface area contributed by atoms with Gasteiger partial charge < -0.3 is 19.3 Å². The van der Waals surface area contributed by atoms with Crippen molar-refractivity contribution in [3.63, 3.8) is 0 Å². The molecule has 0 bridgehead atoms. The molecule has 0 amide bonds. The second-order valence-corrected chi connectivity index (χ2v) is 12.4. The van der Waals surface area contributed by atoms with Gasteiger partial charge in [-0.3, -0.25) is 14.1 Å². The molecule has 0 rings (SSSR count). The first kappa shape index (κ1) is 40.5. The zero-order valence-electron chi connectivity index (χ0n) is 26.6. The SMILES string of the molecule is CCCC/C=C\CCCCCCCC(=O)OCC(COP(=O)(O)O)OC(=O)CCCCCCC/C=C\CCCCCC. The van der Waals surface area contributed by atoms with Gasteiger partial charge in [0.1, 0.15) is 6.61 Å². The van der Waals surface area contributed by atoms with E-state index in [4.69, 9.17) is 19.3 Å². The minimum Gasteiger partial charge on any atom is -0.462 e. The van der Waals surface area contributed by atoms with E-state index in [9.17, 15) is 14.2 Å². The van der Waals surface area contributed by atoms with E-state index in [1.165, 1.54) is 44.9 Å². The number of phosphoric acid groups is 1. The van der Waals surface area contributed by atoms with Crippen LogP contribution in [0.1, 0.15) is 155 Å². The molecule has 246 valence electrons. The van der Waals surface area contributed by atoms with Crippen LogP contribution in [0.5, 0.6) is 0 Å². The van der Waals surface area contributed by atoms with Gasteiger partial charge in [0.25, 0.3) is 0 Å². The molecule has 0 aliphatic carbocycles. The molecule has 0 aromatic carbocycles. The highest BCUT2D eigenvalue weighted by Gasteiger charge is 2.22. The Bertz CT molecular complexity index is 746. The summed E-state index contributed by atoms with van der Waals surface area (Å²) in [6.07, 6.45) is 30.4. The number of phosphoric ester groups is 1. The summed E-state index contributed by atoms with van der Waals surface area (Å²) in [5, 5.41) is 0. The number of ether oxygens (including phenoxy) is 2. The normalized spacial score (nSPS) is 12.8. The van der Waals surface area contributed by atoms with Gasteiger partial charge in [-0.2, -0.15) is 0 Å². The Labute approximate surface area is 256 Å². The number of hydrogen-bond acceptors (Lipinski definition) is 6. The molecular formula is C33H61O8P. The third kappa shape index (κ3) is 31.5. The summed E-state index contributed by atoms with van der Waals surface area (Å²) in [7, 11) is -4.74. The third-order valence-corrected chi connectivity index (χ3v) is 7.43. The highest BCUT2D eigenvalue weighted by molar-refractivity contribution is 7.46. The lowest BCUT2D eigenvalue weighted by Gasteiger charge is -2.18. The first-order valence-corrected chi connectivity index (χ1v) is 18.2. The summed E-state index contributed by atoms with van der Waals surface area (Å²) < 4.78 is 26.2. The summed E-state index contributed by atoms with van der Waals surface area (Å²) in [5.41, 5.74) is 0. The van der Waals surface area contributed by atoms with Gasteiger partial charge in [-0.25, -0.2) is 4.57 Å². The van der Waals surface area contributed by atoms with Crippen molar-refractivity contribution >= 4 is 19.8 Å². The van der Waals surface area contributed by atoms with Crippen molar-refractivity contribution in [3.8, 4) is 0 Å². The first-order chi connectivity index (χ1) is 20.3. The van der Waals surface area contributed by atoms with Gasteiger partial charge in [0.2, 0.25) is 0 Å². The van der Waals surface area contributed by atoms with E-state index in [-0.39, 0.29) is 19.4 Å². The number of rotatable bonds is 30. The van der Waals surface area contributed by atoms with Crippen LogP contribution in [0.3, 0.4) is 0 Å². The van der Waals surface area contributed by atoms with Crippen molar-refractivity contribution in [2.24, 2.45) is 0 Å². The largest absolute Gasteiger partial charge is 0.469 e. The van der Waals surface area contributed by atoms with Gasteiger partial charge >= 0.3 is 19.8 Å². The molecule has 42 heavy (non-hydrogen) atoms. The Morgan fingerprint density at radius 2 is 1.02 bits per heavy atom. The first-order valence-electron chi connectivity index (χ1n) is 16.6. The average molecular weight is 617 g/mol. The zero-order chi connectivity index (χ0) is 31.2. The number of carbonyl (C=O) groups is 2. The summed E-state index contributed by atoms with van der Waals surface area (Å²) >= 11 is 0. The molecule has 0 aromatic rings. The Balaban J connectivity index is 4.05. The molecule has 0 aliphatic rings. The molecule has 0 saturated heterocycles. The Hall–Kier alpha value is -1.47. The molecule has 0 saturated carbocycles. The van der Waals surface area contributed by atoms with Crippen LogP contribution in [0.25, 0.3) is 0 Å². The van der Waals surface area contributed by atoms with Crippen molar-refractivity contribution in [2.45, 2.75) is 161 Å². The lowest BCUT2D eigenvalue weighted by Crippen LogP contribution is -2.29. The molecule has 1 atom stereocenters. The summed E-state index contributed by atoms with van der Waals surface area (Å²) in [5.74, 6) is -0.908. The highest BCUT2D eigenvalue weighted by atomic mass is 31.2. The molecule has 8 nitrogen and oxygen atoms in total. The minimum atomic E-state index is -4.74. The van der Waals surface area contributed by atoms with E-state index in [0.717, 1.165) is 70.6 Å². The second-order valence-electron chi connectivity index (χ2n) is 11.1. The fraction of sp³-hybridized carbons (Fsp3) is 0.818. The molecule has 0 fully saturated rings. The molecule has 0 aromatic heterocycles. The monoisotopic (exact) mass is 616 g/mol. The van der Waals surface area contributed by atoms with Gasteiger partial charge in [-0.15, -0.1) is 0 Å². The van der Waals surface area contributed by atoms with Crippen molar-refractivity contribution in [2.75, 3.05) is 13.2 Å². The van der Waals surface area contributed by atoms with Crippen LogP contribution in [0.2, 0.25) is 0 Å². The van der Waals surface area contributed by atoms with E-state index in [0.29, 0.717) is 12.8 Å². The van der Waals surface area contributed by atoms with Crippen LogP contribution < -0.4 is 0 Å². The third-order valence-electron chi connectivity index (χ3n) is 6.94. The van der Waals surface area contributed by atoms with Crippen LogP contribution in [0.15, 0.2) is 24.3 Å². The van der Waals surface area contributed by atoms with Crippen LogP contribution >= 0.6 is 7.82 Å². The number of esters is 2. The van der Waals surface area contributed by atoms with Gasteiger partial charge in [-0.05, 0) is 57.8 Å². The Morgan fingerprint density at radius 3 is 1.52 bits per heavy atom. The smallest absolute Gasteiger partial charge is 0.462 e. The molecule has 1 unspecified atom stereocenters. The summed E-state index contributed by atoms with van der Waals surface area (Å²) in [6.45, 7) is 3.58. The summed E-state index contributed by atoms with van der Waals surface area (Å²) in [4.78, 5) is 42.4. The zero-order valence-corrected chi connectivity index (χ0v) is 27.5. The molecule has 0 radical (unpaired) electrons. The molecule has 2 N–H and O–H groups in total. The maximum atomic E-state index is 12.3. The second kappa shape index (κ2) is 29.6. The van der Waals surface area contributed by atoms with Crippen molar-refractivity contribution in [3.05, 3.63) is 24.3 Å². The van der Waals surface area contributed by atoms with Gasteiger partial charge in [0, 0.05) is 12.8 Å². The number of carbonyl (C=O) groups excluding carboxylic acids is 2. The highest BCUT2D eigenvalue weighted by Crippen LogP contribution is 2.35. The number of unbranched alkanes of at least 4 members (excludes halogenated alkanes) is 16. The van der Waals surface area contributed by atoms with E-state index >= 15 is 0 Å². The molecule has 0 spiro atoms. The molecular weight excluding hydrogens is 555 g/mol. The standard InChI is InChI=1S/C33H61O8P/c1-3-5-7-9-11-13-15-16-18-20-22-24-26-28-33(35)41-31(30-40-42(36,37)38)29-39-32(34)27-25-23-21-19-17-14-12-10-8-6-4-2/h10,12-13,15,31H,3-9,11,14,16-30H2,1-2H3,(H2,36,37,38)/b12-10-,15-13-. The Kier molecular flexibility index (Phi) is 28.6. The van der Waals surface area contributed by atoms with E-state index in [1.54, 1.807) is 0 Å². The number of allylic oxidation sites excluding steroid dienone is 4. The predicted octanol–water partition coefficient (Wildman–Crippen LogP) is 9.29. The maximum absolute atomic E-state index is 12.3. The van der Waals surface area contributed by atoms with E-state index in [1.807, 2.05) is 0 Å². The quantitative estimate of drug-likeness (QED) is 0.0355. The van der Waals surface area contributed by atoms with Crippen LogP contribution in [-0.2, 0) is 28.2 Å². The van der Waals surface area contributed by atoms with E-state index in [2.05, 4.69) is 42.7 Å². The Morgan fingerprint density at radius 1 is 0.595 bits per heavy atom. The van der Waals surface area contributed by atoms with Crippen molar-refractivity contribution in [1.82, 2.24) is 0 Å². The fourth-order valence-corrected chi connectivity index (χ4v) is 4.77. The van der Waals surface area contributed by atoms with Crippen LogP contribution in [-0.4, -0.2) is 41.0 Å². The molecule has 0 heterocycles. The van der Waals surface area contributed by atoms with Gasteiger partial charge in [0.05, 0.1) is 6.61 Å². The van der Waals surface area contributed by atoms with Gasteiger partial charge in [-0.1, -0.05) is 109 Å². The van der Waals surface area contributed by atoms with Crippen LogP contribution in [0, 0.1) is 0 Å². The van der Waals surface area contributed by atoms with Gasteiger partial charge in [0.15, 0.2) is 6.10 Å². The topological polar surface area (TPSA) is 119 Å². The van der Waals surface area contributed by atoms with Crippen molar-refractivity contribution < 1.29 is 37.9 Å². The summed E-state index contributed by atoms with van der Waals surface area (Å²) in [6, 6.07) is 0. The fourth-order valence-electron chi connectivity index (χ4n) is 4.41. The number of hydrogen-bond donors (Lipinski definition) is 2. The average Bonchev–Trinajstić information content (AvgIpc) is 2.95. The predicted molar refractivity (Wildman–Crippen MR) is 170 cm³/mol. The van der Waals surface area contributed by atoms with Crippen molar-refractivity contribution in [1.29, 1.82) is 0 Å². The minimum absolute atomic E-state index is 0.201. The maximum Gasteiger partial charge on any atom is 0.469 e. The molecule has 0 aliphatic heterocycles. The van der Waals surface area contributed by atoms with Crippen LogP contribution in [0.4, 0.5) is 0 Å². The molecule has 9 heteroatoms.